The van der Waals surface area contributed by atoms with Gasteiger partial charge < -0.3 is 4.90 Å². The molecule has 2 aliphatic rings. The molecule has 1 amide bonds. The molecule has 86 valence electrons. The molecular weight excluding hydrogens is 190 g/mol. The van der Waals surface area contributed by atoms with Crippen LogP contribution in [-0.4, -0.2) is 53.7 Å². The average Bonchev–Trinajstić information content (AvgIpc) is 2.86. The van der Waals surface area contributed by atoms with Crippen LogP contribution in [0.5, 0.6) is 0 Å². The zero-order chi connectivity index (χ0) is 10.7. The van der Waals surface area contributed by atoms with E-state index < -0.39 is 0 Å². The van der Waals surface area contributed by atoms with Crippen molar-refractivity contribution in [2.45, 2.75) is 32.6 Å². The van der Waals surface area contributed by atoms with Crippen LogP contribution in [0, 0.1) is 0 Å². The van der Waals surface area contributed by atoms with Gasteiger partial charge in [-0.25, -0.2) is 10.0 Å². The molecule has 0 unspecified atom stereocenters. The van der Waals surface area contributed by atoms with Gasteiger partial charge in [-0.3, -0.25) is 4.79 Å². The lowest BCUT2D eigenvalue weighted by molar-refractivity contribution is -0.133. The molecule has 4 heteroatoms. The summed E-state index contributed by atoms with van der Waals surface area (Å²) < 4.78 is 0. The van der Waals surface area contributed by atoms with Crippen LogP contribution >= 0.6 is 0 Å². The maximum Gasteiger partial charge on any atom is 0.223 e. The second-order valence-electron chi connectivity index (χ2n) is 4.39. The number of nitrogens with zero attached hydrogens (tertiary/aromatic N) is 3. The molecule has 0 bridgehead atoms. The van der Waals surface area contributed by atoms with E-state index in [0.29, 0.717) is 5.91 Å². The Bertz CT molecular complexity index is 226. The summed E-state index contributed by atoms with van der Waals surface area (Å²) in [6, 6.07) is 0. The van der Waals surface area contributed by atoms with Crippen molar-refractivity contribution < 1.29 is 4.79 Å². The highest BCUT2D eigenvalue weighted by atomic mass is 16.2. The van der Waals surface area contributed by atoms with Crippen molar-refractivity contribution in [2.75, 3.05) is 32.8 Å². The van der Waals surface area contributed by atoms with Crippen molar-refractivity contribution in [1.29, 1.82) is 0 Å². The fourth-order valence-corrected chi connectivity index (χ4v) is 2.42. The van der Waals surface area contributed by atoms with E-state index in [1.54, 1.807) is 0 Å². The second-order valence-corrected chi connectivity index (χ2v) is 4.39. The first-order valence-corrected chi connectivity index (χ1v) is 6.09. The summed E-state index contributed by atoms with van der Waals surface area (Å²) in [5, 5.41) is 4.71. The molecule has 0 radical (unpaired) electrons. The monoisotopic (exact) mass is 211 g/mol. The van der Waals surface area contributed by atoms with E-state index >= 15 is 0 Å². The summed E-state index contributed by atoms with van der Waals surface area (Å²) in [6.45, 7) is 7.24. The maximum absolute atomic E-state index is 11.5. The van der Waals surface area contributed by atoms with Crippen molar-refractivity contribution in [3.63, 3.8) is 0 Å². The smallest absolute Gasteiger partial charge is 0.223 e. The first kappa shape index (κ1) is 10.9. The third-order valence-electron chi connectivity index (χ3n) is 3.35. The van der Waals surface area contributed by atoms with Crippen molar-refractivity contribution in [1.82, 2.24) is 14.9 Å². The first-order chi connectivity index (χ1) is 7.31. The van der Waals surface area contributed by atoms with Gasteiger partial charge >= 0.3 is 0 Å². The molecule has 0 aliphatic carbocycles. The molecule has 0 atom stereocenters. The minimum absolute atomic E-state index is 0.327. The summed E-state index contributed by atoms with van der Waals surface area (Å²) in [4.78, 5) is 13.5. The van der Waals surface area contributed by atoms with Crippen molar-refractivity contribution in [3.05, 3.63) is 0 Å². The molecule has 0 aromatic heterocycles. The Morgan fingerprint density at radius 3 is 2.47 bits per heavy atom. The summed E-state index contributed by atoms with van der Waals surface area (Å²) in [7, 11) is 0. The molecule has 0 aromatic carbocycles. The Kier molecular flexibility index (Phi) is 3.59. The predicted molar refractivity (Wildman–Crippen MR) is 59.0 cm³/mol. The molecule has 2 aliphatic heterocycles. The van der Waals surface area contributed by atoms with Gasteiger partial charge in [0.05, 0.1) is 6.67 Å². The zero-order valence-electron chi connectivity index (χ0n) is 9.61. The minimum atomic E-state index is 0.327. The van der Waals surface area contributed by atoms with Gasteiger partial charge in [0, 0.05) is 32.6 Å². The minimum Gasteiger partial charge on any atom is -0.328 e. The molecular formula is C11H21N3O. The molecule has 15 heavy (non-hydrogen) atoms. The van der Waals surface area contributed by atoms with E-state index in [1.165, 1.54) is 12.8 Å². The van der Waals surface area contributed by atoms with Crippen molar-refractivity contribution in [3.8, 4) is 0 Å². The van der Waals surface area contributed by atoms with E-state index in [-0.39, 0.29) is 0 Å². The lowest BCUT2D eigenvalue weighted by atomic mass is 10.4. The summed E-state index contributed by atoms with van der Waals surface area (Å²) in [5.74, 6) is 0.327. The average molecular weight is 211 g/mol. The number of likely N-dealkylation sites (tertiary alicyclic amines) is 1. The fraction of sp³-hybridized carbons (Fsp3) is 0.909. The summed E-state index contributed by atoms with van der Waals surface area (Å²) >= 11 is 0. The summed E-state index contributed by atoms with van der Waals surface area (Å²) in [5.41, 5.74) is 0. The van der Waals surface area contributed by atoms with Gasteiger partial charge in [0.2, 0.25) is 5.91 Å². The van der Waals surface area contributed by atoms with E-state index in [9.17, 15) is 4.79 Å². The Labute approximate surface area is 91.8 Å². The molecule has 0 saturated carbocycles. The molecule has 2 heterocycles. The molecule has 0 spiro atoms. The van der Waals surface area contributed by atoms with Crippen LogP contribution in [0.15, 0.2) is 0 Å². The molecule has 2 rings (SSSR count). The Morgan fingerprint density at radius 2 is 1.93 bits per heavy atom. The van der Waals surface area contributed by atoms with E-state index in [1.807, 2.05) is 4.90 Å². The number of rotatable bonds is 4. The number of hydrazine groups is 1. The quantitative estimate of drug-likeness (QED) is 0.691. The topological polar surface area (TPSA) is 26.8 Å². The summed E-state index contributed by atoms with van der Waals surface area (Å²) in [6.07, 6.45) is 4.38. The van der Waals surface area contributed by atoms with Gasteiger partial charge in [-0.05, 0) is 19.3 Å². The van der Waals surface area contributed by atoms with E-state index in [0.717, 1.165) is 45.7 Å². The van der Waals surface area contributed by atoms with Gasteiger partial charge in [-0.2, -0.15) is 0 Å². The molecule has 2 fully saturated rings. The highest BCUT2D eigenvalue weighted by Gasteiger charge is 2.25. The number of carbonyl (C=O) groups excluding carboxylic acids is 1. The van der Waals surface area contributed by atoms with Crippen LogP contribution in [0.4, 0.5) is 0 Å². The zero-order valence-corrected chi connectivity index (χ0v) is 9.61. The van der Waals surface area contributed by atoms with Gasteiger partial charge in [-0.1, -0.05) is 6.92 Å². The standard InChI is InChI=1S/C11H21N3O/c1-2-13(14-8-3-4-9-14)10-12-7-5-6-11(12)15/h2-10H2,1H3. The first-order valence-electron chi connectivity index (χ1n) is 6.09. The molecule has 2 saturated heterocycles. The van der Waals surface area contributed by atoms with Gasteiger partial charge in [0.25, 0.3) is 0 Å². The van der Waals surface area contributed by atoms with Crippen LogP contribution in [0.1, 0.15) is 32.6 Å². The fourth-order valence-electron chi connectivity index (χ4n) is 2.42. The Balaban J connectivity index is 1.86. The maximum atomic E-state index is 11.5. The Hall–Kier alpha value is -0.610. The number of amides is 1. The van der Waals surface area contributed by atoms with Crippen LogP contribution < -0.4 is 0 Å². The lowest BCUT2D eigenvalue weighted by Gasteiger charge is -2.33. The Morgan fingerprint density at radius 1 is 1.20 bits per heavy atom. The third kappa shape index (κ3) is 2.49. The van der Waals surface area contributed by atoms with Gasteiger partial charge in [0.15, 0.2) is 0 Å². The third-order valence-corrected chi connectivity index (χ3v) is 3.35. The van der Waals surface area contributed by atoms with Crippen LogP contribution in [0.25, 0.3) is 0 Å². The van der Waals surface area contributed by atoms with Gasteiger partial charge in [0.1, 0.15) is 0 Å². The van der Waals surface area contributed by atoms with E-state index in [4.69, 9.17) is 0 Å². The number of hydrogen-bond donors (Lipinski definition) is 0. The lowest BCUT2D eigenvalue weighted by Crippen LogP contribution is -2.47. The van der Waals surface area contributed by atoms with Gasteiger partial charge in [-0.15, -0.1) is 0 Å². The molecule has 4 nitrogen and oxygen atoms in total. The normalized spacial score (nSPS) is 23.3. The number of hydrogen-bond acceptors (Lipinski definition) is 3. The predicted octanol–water partition coefficient (Wildman–Crippen LogP) is 0.899. The number of carbonyl (C=O) groups is 1. The SMILES string of the molecule is CCN(CN1CCCC1=O)N1CCCC1. The van der Waals surface area contributed by atoms with E-state index in [2.05, 4.69) is 16.9 Å². The second kappa shape index (κ2) is 4.94. The van der Waals surface area contributed by atoms with Crippen molar-refractivity contribution in [2.24, 2.45) is 0 Å². The molecule has 0 aromatic rings. The van der Waals surface area contributed by atoms with Crippen LogP contribution in [-0.2, 0) is 4.79 Å². The highest BCUT2D eigenvalue weighted by molar-refractivity contribution is 5.77. The van der Waals surface area contributed by atoms with Crippen molar-refractivity contribution >= 4 is 5.91 Å². The van der Waals surface area contributed by atoms with Crippen LogP contribution in [0.2, 0.25) is 0 Å². The highest BCUT2D eigenvalue weighted by Crippen LogP contribution is 2.14. The van der Waals surface area contributed by atoms with Crippen LogP contribution in [0.3, 0.4) is 0 Å². The largest absolute Gasteiger partial charge is 0.328 e. The molecule has 0 N–H and O–H groups in total.